The predicted octanol–water partition coefficient (Wildman–Crippen LogP) is 6.37. The first-order chi connectivity index (χ1) is 23.6. The summed E-state index contributed by atoms with van der Waals surface area (Å²) in [6.45, 7) is 0. The summed E-state index contributed by atoms with van der Waals surface area (Å²) in [7, 11) is 0. The van der Waals surface area contributed by atoms with Gasteiger partial charge in [-0.3, -0.25) is 9.59 Å². The van der Waals surface area contributed by atoms with Crippen molar-refractivity contribution >= 4 is 35.6 Å². The van der Waals surface area contributed by atoms with Gasteiger partial charge in [-0.15, -0.1) is 0 Å². The second-order valence-corrected chi connectivity index (χ2v) is 12.3. The van der Waals surface area contributed by atoms with Gasteiger partial charge in [-0.1, -0.05) is 66.7 Å². The lowest BCUT2D eigenvalue weighted by molar-refractivity contribution is 0.0947. The maximum Gasteiger partial charge on any atom is 0.271 e. The Bertz CT molecular complexity index is 1790. The molecular formula is C40H36N6O2. The molecule has 0 heterocycles. The third-order valence-electron chi connectivity index (χ3n) is 8.81. The fraction of sp³-hybridized carbons (Fsp3) is 0.150. The summed E-state index contributed by atoms with van der Waals surface area (Å²) in [4.78, 5) is 25.3. The van der Waals surface area contributed by atoms with Crippen LogP contribution < -0.4 is 21.5 Å². The van der Waals surface area contributed by atoms with E-state index in [-0.39, 0.29) is 11.8 Å². The monoisotopic (exact) mass is 632 g/mol. The lowest BCUT2D eigenvalue weighted by atomic mass is 10.1. The number of hydrogen-bond acceptors (Lipinski definition) is 6. The lowest BCUT2D eigenvalue weighted by Gasteiger charge is -2.13. The molecule has 0 aliphatic heterocycles. The molecule has 8 heteroatoms. The molecule has 2 aliphatic carbocycles. The number of hydrogen-bond donors (Lipinski definition) is 4. The molecule has 5 aromatic carbocycles. The molecule has 0 saturated heterocycles. The summed E-state index contributed by atoms with van der Waals surface area (Å²) in [6, 6.07) is 40.1. The highest BCUT2D eigenvalue weighted by atomic mass is 16.2. The van der Waals surface area contributed by atoms with Crippen LogP contribution in [-0.2, 0) is 25.7 Å². The van der Waals surface area contributed by atoms with E-state index in [1.54, 1.807) is 36.7 Å². The van der Waals surface area contributed by atoms with Crippen molar-refractivity contribution in [2.75, 3.05) is 10.6 Å². The minimum atomic E-state index is -0.292. The Balaban J connectivity index is 0.858. The van der Waals surface area contributed by atoms with Crippen LogP contribution in [0.1, 0.15) is 54.1 Å². The first kappa shape index (κ1) is 30.6. The second kappa shape index (κ2) is 14.2. The van der Waals surface area contributed by atoms with Gasteiger partial charge in [0, 0.05) is 34.6 Å². The maximum absolute atomic E-state index is 12.7. The number of benzene rings is 5. The third kappa shape index (κ3) is 7.50. The van der Waals surface area contributed by atoms with Crippen molar-refractivity contribution in [2.24, 2.45) is 10.2 Å². The van der Waals surface area contributed by atoms with Crippen LogP contribution in [0.5, 0.6) is 0 Å². The van der Waals surface area contributed by atoms with Crippen molar-refractivity contribution in [2.45, 2.75) is 37.8 Å². The average Bonchev–Trinajstić information content (AvgIpc) is 3.72. The molecule has 0 fully saturated rings. The quantitative estimate of drug-likeness (QED) is 0.106. The lowest BCUT2D eigenvalue weighted by Crippen LogP contribution is -2.20. The van der Waals surface area contributed by atoms with E-state index < -0.39 is 0 Å². The van der Waals surface area contributed by atoms with Gasteiger partial charge in [-0.05, 0) is 114 Å². The van der Waals surface area contributed by atoms with E-state index >= 15 is 0 Å². The van der Waals surface area contributed by atoms with Crippen LogP contribution in [0, 0.1) is 0 Å². The van der Waals surface area contributed by atoms with Crippen LogP contribution in [0.25, 0.3) is 0 Å². The van der Waals surface area contributed by atoms with Crippen molar-refractivity contribution < 1.29 is 9.59 Å². The van der Waals surface area contributed by atoms with Crippen LogP contribution in [0.3, 0.4) is 0 Å². The zero-order chi connectivity index (χ0) is 32.7. The van der Waals surface area contributed by atoms with Crippen molar-refractivity contribution in [1.82, 2.24) is 10.9 Å². The first-order valence-electron chi connectivity index (χ1n) is 16.2. The smallest absolute Gasteiger partial charge is 0.271 e. The van der Waals surface area contributed by atoms with E-state index in [0.29, 0.717) is 23.2 Å². The molecule has 0 unspecified atom stereocenters. The van der Waals surface area contributed by atoms with Gasteiger partial charge in [0.1, 0.15) is 0 Å². The number of rotatable bonds is 10. The highest BCUT2D eigenvalue weighted by Gasteiger charge is 2.21. The van der Waals surface area contributed by atoms with Crippen LogP contribution in [-0.4, -0.2) is 36.3 Å². The first-order valence-corrected chi connectivity index (χ1v) is 16.2. The van der Waals surface area contributed by atoms with Crippen LogP contribution in [0.15, 0.2) is 132 Å². The summed E-state index contributed by atoms with van der Waals surface area (Å²) in [6.07, 6.45) is 7.14. The number of fused-ring (bicyclic) bond motifs is 2. The van der Waals surface area contributed by atoms with Gasteiger partial charge in [0.15, 0.2) is 0 Å². The second-order valence-electron chi connectivity index (χ2n) is 12.3. The molecular weight excluding hydrogens is 596 g/mol. The zero-order valence-corrected chi connectivity index (χ0v) is 26.4. The Labute approximate surface area is 280 Å². The Morgan fingerprint density at radius 3 is 1.25 bits per heavy atom. The van der Waals surface area contributed by atoms with Gasteiger partial charge < -0.3 is 10.6 Å². The van der Waals surface area contributed by atoms with Crippen molar-refractivity contribution in [3.63, 3.8) is 0 Å². The molecule has 0 atom stereocenters. The largest absolute Gasteiger partial charge is 0.382 e. The number of carbonyl (C=O) groups is 2. The predicted molar refractivity (Wildman–Crippen MR) is 192 cm³/mol. The Hall–Kier alpha value is -6.02. The molecule has 0 aromatic heterocycles. The van der Waals surface area contributed by atoms with Gasteiger partial charge in [-0.2, -0.15) is 10.2 Å². The Morgan fingerprint density at radius 1 is 0.500 bits per heavy atom. The van der Waals surface area contributed by atoms with E-state index in [2.05, 4.69) is 80.2 Å². The molecule has 238 valence electrons. The molecule has 0 bridgehead atoms. The minimum Gasteiger partial charge on any atom is -0.382 e. The van der Waals surface area contributed by atoms with Gasteiger partial charge >= 0.3 is 0 Å². The SMILES string of the molecule is O=C(N/N=C/c1cccc(/C=N/NC(=O)c2ccc(NC3Cc4ccccc4C3)cc2)c1)c1ccc(NC2Cc3ccccc3C2)cc1. The fourth-order valence-electron chi connectivity index (χ4n) is 6.41. The normalized spacial score (nSPS) is 14.2. The van der Waals surface area contributed by atoms with E-state index in [1.807, 2.05) is 48.5 Å². The van der Waals surface area contributed by atoms with Crippen molar-refractivity contribution in [1.29, 1.82) is 0 Å². The molecule has 8 nitrogen and oxygen atoms in total. The summed E-state index contributed by atoms with van der Waals surface area (Å²) in [5.41, 5.74) is 15.3. The van der Waals surface area contributed by atoms with Gasteiger partial charge in [0.25, 0.3) is 11.8 Å². The molecule has 2 amide bonds. The van der Waals surface area contributed by atoms with Crippen molar-refractivity contribution in [3.8, 4) is 0 Å². The molecule has 48 heavy (non-hydrogen) atoms. The molecule has 5 aromatic rings. The molecule has 4 N–H and O–H groups in total. The summed E-state index contributed by atoms with van der Waals surface area (Å²) < 4.78 is 0. The number of carbonyl (C=O) groups excluding carboxylic acids is 2. The standard InChI is InChI=1S/C40H36N6O2/c47-39(29-12-16-35(17-13-29)43-37-21-31-8-1-2-9-32(31)22-37)45-41-25-27-6-5-7-28(20-27)26-42-46-40(48)30-14-18-36(19-15-30)44-38-23-33-10-3-4-11-34(33)24-38/h1-20,25-26,37-38,43-44H,21-24H2,(H,45,47)(H,46,48)/b41-25+,42-26+. The number of nitrogens with one attached hydrogen (secondary N) is 4. The molecule has 0 saturated carbocycles. The van der Waals surface area contributed by atoms with Crippen LogP contribution in [0.2, 0.25) is 0 Å². The fourth-order valence-corrected chi connectivity index (χ4v) is 6.41. The summed E-state index contributed by atoms with van der Waals surface area (Å²) >= 11 is 0. The van der Waals surface area contributed by atoms with E-state index in [4.69, 9.17) is 0 Å². The van der Waals surface area contributed by atoms with Gasteiger partial charge in [-0.25, -0.2) is 10.9 Å². The average molecular weight is 633 g/mol. The molecule has 7 rings (SSSR count). The van der Waals surface area contributed by atoms with E-state index in [1.165, 1.54) is 22.3 Å². The highest BCUT2D eigenvalue weighted by molar-refractivity contribution is 5.96. The zero-order valence-electron chi connectivity index (χ0n) is 26.4. The Morgan fingerprint density at radius 2 is 0.875 bits per heavy atom. The van der Waals surface area contributed by atoms with Gasteiger partial charge in [0.2, 0.25) is 0 Å². The third-order valence-corrected chi connectivity index (χ3v) is 8.81. The minimum absolute atomic E-state index is 0.292. The maximum atomic E-state index is 12.7. The summed E-state index contributed by atoms with van der Waals surface area (Å²) in [5, 5.41) is 15.4. The molecule has 2 aliphatic rings. The summed E-state index contributed by atoms with van der Waals surface area (Å²) in [5.74, 6) is -0.584. The number of hydrazone groups is 2. The Kier molecular flexibility index (Phi) is 9.04. The topological polar surface area (TPSA) is 107 Å². The van der Waals surface area contributed by atoms with Crippen LogP contribution >= 0.6 is 0 Å². The number of anilines is 2. The highest BCUT2D eigenvalue weighted by Crippen LogP contribution is 2.26. The van der Waals surface area contributed by atoms with E-state index in [9.17, 15) is 9.59 Å². The molecule has 0 radical (unpaired) electrons. The van der Waals surface area contributed by atoms with Gasteiger partial charge in [0.05, 0.1) is 12.4 Å². The number of amides is 2. The van der Waals surface area contributed by atoms with Crippen molar-refractivity contribution in [3.05, 3.63) is 166 Å². The molecule has 0 spiro atoms. The number of nitrogens with zero attached hydrogens (tertiary/aromatic N) is 2. The van der Waals surface area contributed by atoms with E-state index in [0.717, 1.165) is 48.2 Å². The van der Waals surface area contributed by atoms with Crippen LogP contribution in [0.4, 0.5) is 11.4 Å².